The number of nitrogens with two attached hydrogens (primary N) is 1. The number of benzene rings is 3. The van der Waals surface area contributed by atoms with Gasteiger partial charge in [-0.3, -0.25) is 14.9 Å². The summed E-state index contributed by atoms with van der Waals surface area (Å²) in [6.45, 7) is 1.33. The Kier molecular flexibility index (Phi) is 8.97. The quantitative estimate of drug-likeness (QED) is 0.450. The van der Waals surface area contributed by atoms with E-state index < -0.39 is 5.91 Å². The van der Waals surface area contributed by atoms with Gasteiger partial charge in [0.05, 0.1) is 6.61 Å². The van der Waals surface area contributed by atoms with Gasteiger partial charge in [-0.25, -0.2) is 0 Å². The maximum absolute atomic E-state index is 12.7. The van der Waals surface area contributed by atoms with Crippen molar-refractivity contribution in [3.8, 4) is 5.75 Å². The van der Waals surface area contributed by atoms with E-state index in [9.17, 15) is 9.59 Å². The first-order valence-corrected chi connectivity index (χ1v) is 11.1. The first kappa shape index (κ1) is 23.9. The summed E-state index contributed by atoms with van der Waals surface area (Å²) < 4.78 is 5.78. The molecule has 170 valence electrons. The zero-order chi connectivity index (χ0) is 23.5. The van der Waals surface area contributed by atoms with Crippen LogP contribution in [0.5, 0.6) is 5.75 Å². The van der Waals surface area contributed by atoms with Crippen LogP contribution >= 0.6 is 12.2 Å². The van der Waals surface area contributed by atoms with Crippen molar-refractivity contribution in [3.63, 3.8) is 0 Å². The van der Waals surface area contributed by atoms with Crippen LogP contribution in [0.3, 0.4) is 0 Å². The summed E-state index contributed by atoms with van der Waals surface area (Å²) in [7, 11) is 0. The van der Waals surface area contributed by atoms with Gasteiger partial charge in [0.1, 0.15) is 5.75 Å². The smallest absolute Gasteiger partial charge is 0.257 e. The fourth-order valence-corrected chi connectivity index (χ4v) is 3.43. The van der Waals surface area contributed by atoms with E-state index >= 15 is 0 Å². The van der Waals surface area contributed by atoms with Gasteiger partial charge >= 0.3 is 0 Å². The standard InChI is InChI=1S/C26H27N3O3S/c27-24(30)15-17-29(19-21-9-5-2-6-10-21)26(33)28-25(31)22-11-13-23(14-12-22)32-18-16-20-7-3-1-4-8-20/h1-14H,15-19H2,(H2,27,30)(H,28,31,33). The van der Waals surface area contributed by atoms with E-state index in [1.165, 1.54) is 5.56 Å². The number of carbonyl (C=O) groups is 2. The molecule has 0 heterocycles. The van der Waals surface area contributed by atoms with Gasteiger partial charge in [-0.15, -0.1) is 0 Å². The van der Waals surface area contributed by atoms with Crippen LogP contribution < -0.4 is 15.8 Å². The van der Waals surface area contributed by atoms with Crippen LogP contribution in [0.1, 0.15) is 27.9 Å². The average molecular weight is 462 g/mol. The molecule has 2 amide bonds. The summed E-state index contributed by atoms with van der Waals surface area (Å²) in [6, 6.07) is 26.7. The predicted molar refractivity (Wildman–Crippen MR) is 133 cm³/mol. The molecule has 0 aliphatic carbocycles. The van der Waals surface area contributed by atoms with E-state index in [1.807, 2.05) is 48.5 Å². The van der Waals surface area contributed by atoms with Crippen molar-refractivity contribution < 1.29 is 14.3 Å². The number of hydrogen-bond donors (Lipinski definition) is 2. The van der Waals surface area contributed by atoms with E-state index in [2.05, 4.69) is 17.4 Å². The largest absolute Gasteiger partial charge is 0.493 e. The molecule has 0 saturated heterocycles. The van der Waals surface area contributed by atoms with E-state index in [1.54, 1.807) is 29.2 Å². The number of rotatable bonds is 10. The van der Waals surface area contributed by atoms with E-state index in [4.69, 9.17) is 22.7 Å². The van der Waals surface area contributed by atoms with Crippen molar-refractivity contribution in [2.45, 2.75) is 19.4 Å². The van der Waals surface area contributed by atoms with Crippen LogP contribution in [0.4, 0.5) is 0 Å². The Balaban J connectivity index is 1.54. The third-order valence-corrected chi connectivity index (χ3v) is 5.33. The number of ether oxygens (including phenoxy) is 1. The van der Waals surface area contributed by atoms with Crippen molar-refractivity contribution in [1.82, 2.24) is 10.2 Å². The zero-order valence-electron chi connectivity index (χ0n) is 18.3. The summed E-state index contributed by atoms with van der Waals surface area (Å²) in [5.74, 6) is -0.0600. The Morgan fingerprint density at radius 3 is 2.09 bits per heavy atom. The number of hydrogen-bond acceptors (Lipinski definition) is 4. The highest BCUT2D eigenvalue weighted by Gasteiger charge is 2.15. The molecule has 3 N–H and O–H groups in total. The second-order valence-corrected chi connectivity index (χ2v) is 7.88. The molecule has 0 bridgehead atoms. The Morgan fingerprint density at radius 2 is 1.48 bits per heavy atom. The van der Waals surface area contributed by atoms with Gasteiger partial charge in [-0.05, 0) is 47.6 Å². The maximum Gasteiger partial charge on any atom is 0.257 e. The second kappa shape index (κ2) is 12.4. The summed E-state index contributed by atoms with van der Waals surface area (Å²) in [5.41, 5.74) is 7.98. The van der Waals surface area contributed by atoms with Crippen molar-refractivity contribution >= 4 is 29.1 Å². The molecular formula is C26H27N3O3S. The van der Waals surface area contributed by atoms with Gasteiger partial charge < -0.3 is 15.4 Å². The lowest BCUT2D eigenvalue weighted by atomic mass is 10.2. The first-order chi connectivity index (χ1) is 16.0. The highest BCUT2D eigenvalue weighted by molar-refractivity contribution is 7.80. The van der Waals surface area contributed by atoms with Gasteiger partial charge in [0.25, 0.3) is 5.91 Å². The zero-order valence-corrected chi connectivity index (χ0v) is 19.1. The van der Waals surface area contributed by atoms with E-state index in [0.29, 0.717) is 31.0 Å². The molecule has 6 nitrogen and oxygen atoms in total. The summed E-state index contributed by atoms with van der Waals surface area (Å²) in [6.07, 6.45) is 0.942. The third-order valence-electron chi connectivity index (χ3n) is 4.97. The number of amides is 2. The Hall–Kier alpha value is -3.71. The summed E-state index contributed by atoms with van der Waals surface area (Å²) in [4.78, 5) is 25.7. The van der Waals surface area contributed by atoms with Gasteiger partial charge in [-0.2, -0.15) is 0 Å². The molecular weight excluding hydrogens is 434 g/mol. The van der Waals surface area contributed by atoms with Crippen LogP contribution in [0.2, 0.25) is 0 Å². The Morgan fingerprint density at radius 1 is 0.879 bits per heavy atom. The van der Waals surface area contributed by atoms with Gasteiger partial charge in [0.2, 0.25) is 5.91 Å². The van der Waals surface area contributed by atoms with Crippen molar-refractivity contribution in [2.24, 2.45) is 5.73 Å². The average Bonchev–Trinajstić information content (AvgIpc) is 2.83. The van der Waals surface area contributed by atoms with Crippen molar-refractivity contribution in [1.29, 1.82) is 0 Å². The molecule has 0 fully saturated rings. The molecule has 0 saturated carbocycles. The van der Waals surface area contributed by atoms with Gasteiger partial charge in [-0.1, -0.05) is 60.7 Å². The molecule has 0 aliphatic rings. The first-order valence-electron chi connectivity index (χ1n) is 10.7. The van der Waals surface area contributed by atoms with Crippen molar-refractivity contribution in [3.05, 3.63) is 102 Å². The minimum absolute atomic E-state index is 0.137. The fraction of sp³-hybridized carbons (Fsp3) is 0.192. The van der Waals surface area contributed by atoms with Crippen LogP contribution in [-0.4, -0.2) is 35.0 Å². The molecule has 3 aromatic carbocycles. The molecule has 0 atom stereocenters. The maximum atomic E-state index is 12.7. The fourth-order valence-electron chi connectivity index (χ4n) is 3.18. The number of thiocarbonyl (C=S) groups is 1. The molecule has 3 aromatic rings. The molecule has 33 heavy (non-hydrogen) atoms. The van der Waals surface area contributed by atoms with Crippen LogP contribution in [0.15, 0.2) is 84.9 Å². The molecule has 0 spiro atoms. The monoisotopic (exact) mass is 461 g/mol. The number of carbonyl (C=O) groups excluding carboxylic acids is 2. The molecule has 0 aliphatic heterocycles. The molecule has 3 rings (SSSR count). The summed E-state index contributed by atoms with van der Waals surface area (Å²) in [5, 5.41) is 2.99. The Bertz CT molecular complexity index is 1060. The lowest BCUT2D eigenvalue weighted by Crippen LogP contribution is -2.43. The minimum Gasteiger partial charge on any atom is -0.493 e. The molecule has 0 aromatic heterocycles. The van der Waals surface area contributed by atoms with Crippen LogP contribution in [0.25, 0.3) is 0 Å². The topological polar surface area (TPSA) is 84.7 Å². The van der Waals surface area contributed by atoms with E-state index in [0.717, 1.165) is 12.0 Å². The third kappa shape index (κ3) is 8.05. The van der Waals surface area contributed by atoms with Crippen LogP contribution in [0, 0.1) is 0 Å². The molecule has 0 unspecified atom stereocenters. The number of nitrogens with zero attached hydrogens (tertiary/aromatic N) is 1. The van der Waals surface area contributed by atoms with Gasteiger partial charge in [0.15, 0.2) is 5.11 Å². The normalized spacial score (nSPS) is 10.3. The second-order valence-electron chi connectivity index (χ2n) is 7.49. The van der Waals surface area contributed by atoms with Crippen molar-refractivity contribution in [2.75, 3.05) is 13.2 Å². The number of primary amides is 1. The van der Waals surface area contributed by atoms with E-state index in [-0.39, 0.29) is 17.4 Å². The minimum atomic E-state index is -0.426. The summed E-state index contributed by atoms with van der Waals surface area (Å²) >= 11 is 5.45. The lowest BCUT2D eigenvalue weighted by Gasteiger charge is -2.25. The van der Waals surface area contributed by atoms with Gasteiger partial charge in [0, 0.05) is 31.5 Å². The van der Waals surface area contributed by atoms with Crippen LogP contribution in [-0.2, 0) is 17.8 Å². The predicted octanol–water partition coefficient (Wildman–Crippen LogP) is 3.70. The molecule has 7 heteroatoms. The highest BCUT2D eigenvalue weighted by Crippen LogP contribution is 2.13. The lowest BCUT2D eigenvalue weighted by molar-refractivity contribution is -0.118. The number of nitrogens with one attached hydrogen (secondary N) is 1. The SMILES string of the molecule is NC(=O)CCN(Cc1ccccc1)C(=S)NC(=O)c1ccc(OCCc2ccccc2)cc1. The molecule has 0 radical (unpaired) electrons. The Labute approximate surface area is 199 Å². The highest BCUT2D eigenvalue weighted by atomic mass is 32.1.